The van der Waals surface area contributed by atoms with E-state index in [1.165, 1.54) is 19.2 Å². The third kappa shape index (κ3) is 5.27. The normalized spacial score (nSPS) is 12.0. The number of nitrogens with zero attached hydrogens (tertiary/aromatic N) is 2. The van der Waals surface area contributed by atoms with Crippen molar-refractivity contribution in [3.63, 3.8) is 0 Å². The van der Waals surface area contributed by atoms with Gasteiger partial charge < -0.3 is 4.74 Å². The molecular formula is C25H31N3O4S. The summed E-state index contributed by atoms with van der Waals surface area (Å²) in [5, 5.41) is 4.68. The topological polar surface area (TPSA) is 90.3 Å². The molecule has 1 aromatic heterocycles. The minimum Gasteiger partial charge on any atom is -0.495 e. The van der Waals surface area contributed by atoms with E-state index in [1.54, 1.807) is 22.9 Å². The summed E-state index contributed by atoms with van der Waals surface area (Å²) in [4.78, 5) is 13.1. The van der Waals surface area contributed by atoms with Gasteiger partial charge in [0.2, 0.25) is 0 Å². The standard InChI is InChI=1S/C25H31N3O4S/c1-16-12-17(2)19(18(3)13-16)15-28-20(14-23(26-28)25(4,5)6)24(29)27-33(30,31)22-11-9-8-10-21(22)32-7/h8-14H,15H2,1-7H3,(H,27,29). The summed E-state index contributed by atoms with van der Waals surface area (Å²) in [6, 6.07) is 12.0. The molecule has 0 spiro atoms. The Morgan fingerprint density at radius 1 is 1.06 bits per heavy atom. The molecule has 1 N–H and O–H groups in total. The van der Waals surface area contributed by atoms with E-state index in [4.69, 9.17) is 4.74 Å². The number of hydrogen-bond acceptors (Lipinski definition) is 5. The number of aryl methyl sites for hydroxylation is 3. The molecule has 0 radical (unpaired) electrons. The van der Waals surface area contributed by atoms with Gasteiger partial charge in [0.15, 0.2) is 0 Å². The van der Waals surface area contributed by atoms with Gasteiger partial charge in [-0.15, -0.1) is 0 Å². The first-order chi connectivity index (χ1) is 15.3. The highest BCUT2D eigenvalue weighted by Gasteiger charge is 2.28. The van der Waals surface area contributed by atoms with E-state index in [-0.39, 0.29) is 21.8 Å². The molecule has 0 aliphatic rings. The molecular weight excluding hydrogens is 438 g/mol. The molecule has 3 aromatic rings. The van der Waals surface area contributed by atoms with Crippen LogP contribution in [0.5, 0.6) is 5.75 Å². The smallest absolute Gasteiger partial charge is 0.283 e. The molecule has 0 saturated heterocycles. The van der Waals surface area contributed by atoms with Gasteiger partial charge in [0.05, 0.1) is 19.3 Å². The van der Waals surface area contributed by atoms with E-state index in [1.807, 2.05) is 41.5 Å². The first-order valence-corrected chi connectivity index (χ1v) is 12.2. The fourth-order valence-corrected chi connectivity index (χ4v) is 4.90. The molecule has 0 aliphatic carbocycles. The number of hydrogen-bond donors (Lipinski definition) is 1. The predicted molar refractivity (Wildman–Crippen MR) is 128 cm³/mol. The Morgan fingerprint density at radius 2 is 1.67 bits per heavy atom. The highest BCUT2D eigenvalue weighted by Crippen LogP contribution is 2.26. The zero-order valence-electron chi connectivity index (χ0n) is 20.2. The second kappa shape index (κ2) is 9.02. The van der Waals surface area contributed by atoms with Crippen molar-refractivity contribution in [3.05, 3.63) is 76.1 Å². The number of amides is 1. The molecule has 2 aromatic carbocycles. The van der Waals surface area contributed by atoms with Crippen molar-refractivity contribution in [1.29, 1.82) is 0 Å². The molecule has 1 heterocycles. The maximum absolute atomic E-state index is 13.2. The van der Waals surface area contributed by atoms with Crippen LogP contribution in [0, 0.1) is 20.8 Å². The second-order valence-electron chi connectivity index (χ2n) is 9.29. The van der Waals surface area contributed by atoms with E-state index in [0.717, 1.165) is 22.3 Å². The van der Waals surface area contributed by atoms with Crippen LogP contribution in [-0.2, 0) is 22.0 Å². The van der Waals surface area contributed by atoms with E-state index in [0.29, 0.717) is 12.2 Å². The van der Waals surface area contributed by atoms with Gasteiger partial charge in [-0.2, -0.15) is 5.10 Å². The van der Waals surface area contributed by atoms with Crippen LogP contribution in [-0.4, -0.2) is 31.2 Å². The van der Waals surface area contributed by atoms with Crippen molar-refractivity contribution in [1.82, 2.24) is 14.5 Å². The lowest BCUT2D eigenvalue weighted by Crippen LogP contribution is -2.32. The Hall–Kier alpha value is -3.13. The number of benzene rings is 2. The first kappa shape index (κ1) is 24.5. The number of nitrogens with one attached hydrogen (secondary N) is 1. The number of rotatable bonds is 6. The van der Waals surface area contributed by atoms with E-state index in [2.05, 4.69) is 22.0 Å². The lowest BCUT2D eigenvalue weighted by Gasteiger charge is -2.15. The molecule has 0 unspecified atom stereocenters. The zero-order valence-corrected chi connectivity index (χ0v) is 21.0. The molecule has 0 bridgehead atoms. The average molecular weight is 470 g/mol. The van der Waals surface area contributed by atoms with Crippen LogP contribution in [0.25, 0.3) is 0 Å². The van der Waals surface area contributed by atoms with Crippen molar-refractivity contribution < 1.29 is 17.9 Å². The van der Waals surface area contributed by atoms with E-state index in [9.17, 15) is 13.2 Å². The van der Waals surface area contributed by atoms with E-state index >= 15 is 0 Å². The van der Waals surface area contributed by atoms with Gasteiger partial charge in [0.1, 0.15) is 16.3 Å². The van der Waals surface area contributed by atoms with Crippen LogP contribution in [0.3, 0.4) is 0 Å². The molecule has 3 rings (SSSR count). The number of aromatic nitrogens is 2. The summed E-state index contributed by atoms with van der Waals surface area (Å²) in [7, 11) is -2.77. The fraction of sp³-hybridized carbons (Fsp3) is 0.360. The largest absolute Gasteiger partial charge is 0.495 e. The van der Waals surface area contributed by atoms with Crippen LogP contribution in [0.15, 0.2) is 47.4 Å². The van der Waals surface area contributed by atoms with Gasteiger partial charge in [0.25, 0.3) is 15.9 Å². The number of carbonyl (C=O) groups excluding carboxylic acids is 1. The van der Waals surface area contributed by atoms with Crippen molar-refractivity contribution in [2.24, 2.45) is 0 Å². The maximum Gasteiger partial charge on any atom is 0.283 e. The van der Waals surface area contributed by atoms with Gasteiger partial charge >= 0.3 is 0 Å². The molecule has 176 valence electrons. The van der Waals surface area contributed by atoms with Gasteiger partial charge in [-0.1, -0.05) is 50.6 Å². The SMILES string of the molecule is COc1ccccc1S(=O)(=O)NC(=O)c1cc(C(C)(C)C)nn1Cc1c(C)cc(C)cc1C. The molecule has 0 saturated carbocycles. The quantitative estimate of drug-likeness (QED) is 0.582. The predicted octanol–water partition coefficient (Wildman–Crippen LogP) is 4.28. The van der Waals surface area contributed by atoms with Gasteiger partial charge in [-0.25, -0.2) is 13.1 Å². The Labute approximate surface area is 195 Å². The molecule has 33 heavy (non-hydrogen) atoms. The summed E-state index contributed by atoms with van der Waals surface area (Å²) in [6.07, 6.45) is 0. The lowest BCUT2D eigenvalue weighted by molar-refractivity contribution is 0.0971. The van der Waals surface area contributed by atoms with Crippen LogP contribution >= 0.6 is 0 Å². The van der Waals surface area contributed by atoms with Crippen LogP contribution in [0.2, 0.25) is 0 Å². The molecule has 0 atom stereocenters. The molecule has 0 aliphatic heterocycles. The summed E-state index contributed by atoms with van der Waals surface area (Å²) in [5.74, 6) is -0.584. The zero-order chi connectivity index (χ0) is 24.6. The van der Waals surface area contributed by atoms with Gasteiger partial charge in [-0.3, -0.25) is 9.48 Å². The Bertz CT molecular complexity index is 1280. The van der Waals surface area contributed by atoms with E-state index < -0.39 is 15.9 Å². The van der Waals surface area contributed by atoms with Crippen molar-refractivity contribution >= 4 is 15.9 Å². The molecule has 0 fully saturated rings. The van der Waals surface area contributed by atoms with Crippen LogP contribution in [0.1, 0.15) is 59.2 Å². The summed E-state index contributed by atoms with van der Waals surface area (Å²) >= 11 is 0. The van der Waals surface area contributed by atoms with Gasteiger partial charge in [-0.05, 0) is 55.7 Å². The molecule has 7 nitrogen and oxygen atoms in total. The highest BCUT2D eigenvalue weighted by molar-refractivity contribution is 7.90. The minimum atomic E-state index is -4.15. The number of ether oxygens (including phenoxy) is 1. The third-order valence-corrected chi connectivity index (χ3v) is 6.89. The Balaban J connectivity index is 2.03. The van der Waals surface area contributed by atoms with Crippen molar-refractivity contribution in [2.45, 2.75) is 58.4 Å². The fourth-order valence-electron chi connectivity index (χ4n) is 3.77. The number of methoxy groups -OCH3 is 1. The highest BCUT2D eigenvalue weighted by atomic mass is 32.2. The lowest BCUT2D eigenvalue weighted by atomic mass is 9.92. The maximum atomic E-state index is 13.2. The number of sulfonamides is 1. The third-order valence-electron chi connectivity index (χ3n) is 5.51. The minimum absolute atomic E-state index is 0.104. The number of para-hydroxylation sites is 1. The molecule has 8 heteroatoms. The summed E-state index contributed by atoms with van der Waals surface area (Å²) in [6.45, 7) is 12.4. The molecule has 1 amide bonds. The first-order valence-electron chi connectivity index (χ1n) is 10.7. The summed E-state index contributed by atoms with van der Waals surface area (Å²) in [5.41, 5.74) is 4.94. The Kier molecular flexibility index (Phi) is 6.70. The van der Waals surface area contributed by atoms with Crippen LogP contribution < -0.4 is 9.46 Å². The van der Waals surface area contributed by atoms with Crippen molar-refractivity contribution in [2.75, 3.05) is 7.11 Å². The van der Waals surface area contributed by atoms with Gasteiger partial charge in [0, 0.05) is 5.41 Å². The number of carbonyl (C=O) groups is 1. The average Bonchev–Trinajstić information content (AvgIpc) is 3.15. The van der Waals surface area contributed by atoms with Crippen LogP contribution in [0.4, 0.5) is 0 Å². The monoisotopic (exact) mass is 469 g/mol. The Morgan fingerprint density at radius 3 is 2.24 bits per heavy atom. The van der Waals surface area contributed by atoms with Crippen molar-refractivity contribution in [3.8, 4) is 5.75 Å². The summed E-state index contributed by atoms with van der Waals surface area (Å²) < 4.78 is 34.9. The second-order valence-corrected chi connectivity index (χ2v) is 10.9.